The molecule has 2 aromatic rings. The topological polar surface area (TPSA) is 187 Å². The number of hydrogen-bond acceptors (Lipinski definition) is 10. The second-order valence-corrected chi connectivity index (χ2v) is 12.3. The highest BCUT2D eigenvalue weighted by Gasteiger charge is 2.34. The molecule has 228 valence electrons. The van der Waals surface area contributed by atoms with Crippen molar-refractivity contribution in [1.82, 2.24) is 9.79 Å². The summed E-state index contributed by atoms with van der Waals surface area (Å²) in [5.41, 5.74) is 8.00. The number of guanidine groups is 1. The standard InChI is InChI=1S/C25H34N4O9S2.ClH/c1-3-35-24(30)19-9-11-22(23(17-19)39(31,32)29-12-5-4-6-13-29)40(33,34)38-20-10-8-18(2)16-21(20)36-14-7-15-37-28-25(26)27;/h8-11,16-17H,3-7,12-15H2,1-2H3,(H4,26,27,28);1H. The van der Waals surface area contributed by atoms with Crippen LogP contribution in [0, 0.1) is 12.3 Å². The van der Waals surface area contributed by atoms with Gasteiger partial charge in [-0.15, -0.1) is 12.4 Å². The van der Waals surface area contributed by atoms with Crippen LogP contribution < -0.4 is 20.1 Å². The number of nitrogens with zero attached hydrogens (tertiary/aromatic N) is 1. The highest BCUT2D eigenvalue weighted by atomic mass is 35.5. The van der Waals surface area contributed by atoms with Gasteiger partial charge in [-0.05, 0) is 62.6 Å². The molecule has 1 fully saturated rings. The van der Waals surface area contributed by atoms with Crippen molar-refractivity contribution in [3.05, 3.63) is 47.5 Å². The number of aryl methyl sites for hydroxylation is 1. The fourth-order valence-corrected chi connectivity index (χ4v) is 7.15. The zero-order valence-corrected chi connectivity index (χ0v) is 25.2. The van der Waals surface area contributed by atoms with E-state index in [1.165, 1.54) is 16.4 Å². The first-order valence-corrected chi connectivity index (χ1v) is 15.5. The molecule has 1 saturated heterocycles. The predicted octanol–water partition coefficient (Wildman–Crippen LogP) is 2.72. The van der Waals surface area contributed by atoms with Crippen LogP contribution in [0.25, 0.3) is 0 Å². The fourth-order valence-electron chi connectivity index (χ4n) is 3.90. The van der Waals surface area contributed by atoms with Crippen molar-refractivity contribution in [2.24, 2.45) is 5.73 Å². The number of nitrogens with two attached hydrogens (primary N) is 1. The lowest BCUT2D eigenvalue weighted by atomic mass is 10.2. The third kappa shape index (κ3) is 9.19. The Morgan fingerprint density at radius 2 is 1.71 bits per heavy atom. The molecule has 16 heteroatoms. The number of carbonyl (C=O) groups excluding carboxylic acids is 1. The van der Waals surface area contributed by atoms with Crippen LogP contribution in [0.5, 0.6) is 11.5 Å². The molecular formula is C25H35ClN4O9S2. The van der Waals surface area contributed by atoms with Gasteiger partial charge in [-0.3, -0.25) is 10.2 Å². The zero-order valence-electron chi connectivity index (χ0n) is 22.8. The highest BCUT2D eigenvalue weighted by molar-refractivity contribution is 7.91. The van der Waals surface area contributed by atoms with Gasteiger partial charge in [0.2, 0.25) is 16.0 Å². The van der Waals surface area contributed by atoms with Crippen LogP contribution in [0.2, 0.25) is 0 Å². The van der Waals surface area contributed by atoms with E-state index in [0.717, 1.165) is 24.1 Å². The average molecular weight is 635 g/mol. The second-order valence-electron chi connectivity index (χ2n) is 8.90. The van der Waals surface area contributed by atoms with Gasteiger partial charge in [0, 0.05) is 19.5 Å². The molecule has 41 heavy (non-hydrogen) atoms. The molecule has 0 amide bonds. The predicted molar refractivity (Wildman–Crippen MR) is 152 cm³/mol. The maximum Gasteiger partial charge on any atom is 0.340 e. The van der Waals surface area contributed by atoms with E-state index in [2.05, 4.69) is 5.48 Å². The number of hydroxylamine groups is 1. The molecule has 1 aliphatic heterocycles. The smallest absolute Gasteiger partial charge is 0.340 e. The first kappa shape index (κ1) is 34.1. The lowest BCUT2D eigenvalue weighted by Gasteiger charge is -2.27. The third-order valence-corrected chi connectivity index (χ3v) is 9.15. The quantitative estimate of drug-likeness (QED) is 0.0734. The first-order chi connectivity index (χ1) is 19.0. The van der Waals surface area contributed by atoms with Crippen molar-refractivity contribution in [3.8, 4) is 11.5 Å². The summed E-state index contributed by atoms with van der Waals surface area (Å²) in [6.45, 7) is 4.18. The lowest BCUT2D eigenvalue weighted by Crippen LogP contribution is -2.36. The Kier molecular flexibility index (Phi) is 12.6. The van der Waals surface area contributed by atoms with E-state index in [1.807, 2.05) is 0 Å². The molecule has 4 N–H and O–H groups in total. The Morgan fingerprint density at radius 1 is 1.00 bits per heavy atom. The number of piperidine rings is 1. The lowest BCUT2D eigenvalue weighted by molar-refractivity contribution is 0.0526. The monoisotopic (exact) mass is 634 g/mol. The molecule has 0 atom stereocenters. The SMILES string of the molecule is CCOC(=O)c1ccc(S(=O)(=O)Oc2ccc(C)cc2OCCCONC(=N)N)c(S(=O)(=O)N2CCCCC2)c1.Cl. The summed E-state index contributed by atoms with van der Waals surface area (Å²) >= 11 is 0. The number of ether oxygens (including phenoxy) is 2. The summed E-state index contributed by atoms with van der Waals surface area (Å²) in [7, 11) is -9.01. The Bertz CT molecular complexity index is 1430. The molecule has 1 aliphatic rings. The Labute approximate surface area is 246 Å². The number of sulfonamides is 1. The van der Waals surface area contributed by atoms with E-state index in [9.17, 15) is 21.6 Å². The van der Waals surface area contributed by atoms with Gasteiger partial charge in [-0.1, -0.05) is 12.5 Å². The number of benzene rings is 2. The third-order valence-electron chi connectivity index (χ3n) is 5.79. The number of rotatable bonds is 13. The van der Waals surface area contributed by atoms with E-state index in [-0.39, 0.29) is 68.3 Å². The van der Waals surface area contributed by atoms with E-state index in [4.69, 9.17) is 29.6 Å². The molecule has 0 radical (unpaired) electrons. The van der Waals surface area contributed by atoms with E-state index >= 15 is 0 Å². The van der Waals surface area contributed by atoms with E-state index < -0.39 is 35.9 Å². The van der Waals surface area contributed by atoms with Gasteiger partial charge in [0.05, 0.1) is 25.4 Å². The van der Waals surface area contributed by atoms with Crippen LogP contribution >= 0.6 is 12.4 Å². The summed E-state index contributed by atoms with van der Waals surface area (Å²) in [4.78, 5) is 16.2. The van der Waals surface area contributed by atoms with Gasteiger partial charge in [0.15, 0.2) is 11.5 Å². The number of nitrogens with one attached hydrogen (secondary N) is 2. The summed E-state index contributed by atoms with van der Waals surface area (Å²) < 4.78 is 71.6. The molecule has 0 bridgehead atoms. The molecule has 13 nitrogen and oxygen atoms in total. The molecule has 2 aromatic carbocycles. The van der Waals surface area contributed by atoms with Gasteiger partial charge in [-0.25, -0.2) is 18.7 Å². The number of halogens is 1. The van der Waals surface area contributed by atoms with Crippen LogP contribution in [0.3, 0.4) is 0 Å². The largest absolute Gasteiger partial charge is 0.490 e. The Hall–Kier alpha value is -3.11. The molecular weight excluding hydrogens is 600 g/mol. The minimum Gasteiger partial charge on any atom is -0.490 e. The highest BCUT2D eigenvalue weighted by Crippen LogP contribution is 2.34. The van der Waals surface area contributed by atoms with Crippen LogP contribution in [-0.2, 0) is 29.7 Å². The Morgan fingerprint density at radius 3 is 2.37 bits per heavy atom. The van der Waals surface area contributed by atoms with Gasteiger partial charge in [0.1, 0.15) is 9.79 Å². The summed E-state index contributed by atoms with van der Waals surface area (Å²) in [5, 5.41) is 7.05. The molecule has 0 aliphatic carbocycles. The van der Waals surface area contributed by atoms with Gasteiger partial charge < -0.3 is 19.4 Å². The summed E-state index contributed by atoms with van der Waals surface area (Å²) in [6.07, 6.45) is 2.50. The van der Waals surface area contributed by atoms with Crippen LogP contribution in [0.1, 0.15) is 48.5 Å². The number of hydrogen-bond donors (Lipinski definition) is 3. The van der Waals surface area contributed by atoms with Crippen molar-refractivity contribution >= 4 is 44.5 Å². The Balaban J connectivity index is 0.00000588. The minimum atomic E-state index is -4.71. The molecule has 0 aromatic heterocycles. The molecule has 0 unspecified atom stereocenters. The van der Waals surface area contributed by atoms with Crippen molar-refractivity contribution < 1.29 is 40.1 Å². The normalized spacial score (nSPS) is 14.0. The minimum absolute atomic E-state index is 0. The maximum absolute atomic E-state index is 13.6. The molecule has 1 heterocycles. The van der Waals surface area contributed by atoms with Crippen molar-refractivity contribution in [2.45, 2.75) is 49.3 Å². The fraction of sp³-hybridized carbons (Fsp3) is 0.440. The van der Waals surface area contributed by atoms with Crippen LogP contribution in [0.4, 0.5) is 0 Å². The van der Waals surface area contributed by atoms with Gasteiger partial charge in [-0.2, -0.15) is 12.7 Å². The van der Waals surface area contributed by atoms with Crippen LogP contribution in [0.15, 0.2) is 46.2 Å². The molecule has 3 rings (SSSR count). The maximum atomic E-state index is 13.6. The van der Waals surface area contributed by atoms with Gasteiger partial charge >= 0.3 is 16.1 Å². The van der Waals surface area contributed by atoms with Crippen molar-refractivity contribution in [2.75, 3.05) is 32.9 Å². The number of carbonyl (C=O) groups is 1. The van der Waals surface area contributed by atoms with Crippen LogP contribution in [-0.4, -0.2) is 66.0 Å². The second kappa shape index (κ2) is 15.2. The van der Waals surface area contributed by atoms with Gasteiger partial charge in [0.25, 0.3) is 0 Å². The van der Waals surface area contributed by atoms with Crippen molar-refractivity contribution in [1.29, 1.82) is 5.41 Å². The zero-order chi connectivity index (χ0) is 29.3. The molecule has 0 spiro atoms. The van der Waals surface area contributed by atoms with E-state index in [0.29, 0.717) is 19.3 Å². The average Bonchev–Trinajstić information content (AvgIpc) is 2.92. The first-order valence-electron chi connectivity index (χ1n) is 12.7. The number of esters is 1. The molecule has 0 saturated carbocycles. The summed E-state index contributed by atoms with van der Waals surface area (Å²) in [5.74, 6) is -1.16. The van der Waals surface area contributed by atoms with E-state index in [1.54, 1.807) is 26.0 Å². The summed E-state index contributed by atoms with van der Waals surface area (Å²) in [6, 6.07) is 7.83. The van der Waals surface area contributed by atoms with Crippen molar-refractivity contribution in [3.63, 3.8) is 0 Å².